The Bertz CT molecular complexity index is 725. The molecule has 0 spiro atoms. The molecule has 0 unspecified atom stereocenters. The van der Waals surface area contributed by atoms with Gasteiger partial charge >= 0.3 is 11.7 Å². The van der Waals surface area contributed by atoms with Gasteiger partial charge in [-0.3, -0.25) is 15.0 Å². The molecule has 0 amide bonds. The molecule has 1 aromatic rings. The normalized spacial score (nSPS) is 20.1. The lowest BCUT2D eigenvalue weighted by Crippen LogP contribution is -2.49. The van der Waals surface area contributed by atoms with E-state index < -0.39 is 17.1 Å². The summed E-state index contributed by atoms with van der Waals surface area (Å²) in [5.74, 6) is -0.137. The monoisotopic (exact) mass is 350 g/mol. The fraction of sp³-hybridized carbons (Fsp3) is 0.438. The minimum atomic E-state index is -0.768. The quantitative estimate of drug-likeness (QED) is 0.454. The standard InChI is InChI=1S/C16H18N2O7/c1-22-11-7-10-8-12(16(19)23-2)15(17-3-5-24-6-4-17)25-14(10)13(9-11)18(20)21/h7-9,15H,3-6H2,1-2H3/t15-/m1/s1. The van der Waals surface area contributed by atoms with Crippen molar-refractivity contribution in [1.82, 2.24) is 4.90 Å². The number of nitro benzene ring substituents is 1. The van der Waals surface area contributed by atoms with Crippen molar-refractivity contribution in [3.05, 3.63) is 33.4 Å². The Morgan fingerprint density at radius 1 is 1.32 bits per heavy atom. The van der Waals surface area contributed by atoms with Crippen molar-refractivity contribution in [1.29, 1.82) is 0 Å². The van der Waals surface area contributed by atoms with Crippen LogP contribution in [0.1, 0.15) is 5.56 Å². The number of hydrogen-bond donors (Lipinski definition) is 0. The molecular weight excluding hydrogens is 332 g/mol. The van der Waals surface area contributed by atoms with E-state index in [2.05, 4.69) is 0 Å². The summed E-state index contributed by atoms with van der Waals surface area (Å²) in [7, 11) is 2.69. The molecule has 2 aliphatic rings. The van der Waals surface area contributed by atoms with Gasteiger partial charge in [-0.05, 0) is 12.1 Å². The molecule has 0 aliphatic carbocycles. The molecule has 1 fully saturated rings. The summed E-state index contributed by atoms with van der Waals surface area (Å²) in [6.45, 7) is 2.06. The molecule has 1 aromatic carbocycles. The third-order valence-corrected chi connectivity index (χ3v) is 4.11. The molecule has 2 aliphatic heterocycles. The van der Waals surface area contributed by atoms with E-state index in [-0.39, 0.29) is 17.0 Å². The second kappa shape index (κ2) is 7.08. The number of carbonyl (C=O) groups is 1. The molecule has 0 bridgehead atoms. The summed E-state index contributed by atoms with van der Waals surface area (Å²) in [5, 5.41) is 11.4. The lowest BCUT2D eigenvalue weighted by Gasteiger charge is -2.36. The lowest BCUT2D eigenvalue weighted by atomic mass is 10.0. The van der Waals surface area contributed by atoms with Gasteiger partial charge in [-0.15, -0.1) is 0 Å². The summed E-state index contributed by atoms with van der Waals surface area (Å²) in [6, 6.07) is 2.88. The zero-order chi connectivity index (χ0) is 18.0. The molecule has 2 heterocycles. The highest BCUT2D eigenvalue weighted by atomic mass is 16.6. The zero-order valence-corrected chi connectivity index (χ0v) is 13.9. The molecule has 1 saturated heterocycles. The van der Waals surface area contributed by atoms with Gasteiger partial charge in [0.1, 0.15) is 5.75 Å². The summed E-state index contributed by atoms with van der Waals surface area (Å²) < 4.78 is 21.2. The largest absolute Gasteiger partial charge is 0.496 e. The van der Waals surface area contributed by atoms with E-state index >= 15 is 0 Å². The maximum absolute atomic E-state index is 12.2. The number of esters is 1. The Morgan fingerprint density at radius 3 is 2.64 bits per heavy atom. The Balaban J connectivity index is 2.09. The number of rotatable bonds is 4. The van der Waals surface area contributed by atoms with Gasteiger partial charge < -0.3 is 18.9 Å². The first-order chi connectivity index (χ1) is 12.0. The summed E-state index contributed by atoms with van der Waals surface area (Å²) in [6.07, 6.45) is 0.788. The molecule has 25 heavy (non-hydrogen) atoms. The van der Waals surface area contributed by atoms with Crippen LogP contribution in [0.3, 0.4) is 0 Å². The van der Waals surface area contributed by atoms with E-state index in [1.807, 2.05) is 4.90 Å². The van der Waals surface area contributed by atoms with Crippen LogP contribution in [0.4, 0.5) is 5.69 Å². The molecule has 9 nitrogen and oxygen atoms in total. The fourth-order valence-corrected chi connectivity index (χ4v) is 2.87. The van der Waals surface area contributed by atoms with E-state index in [1.165, 1.54) is 20.3 Å². The van der Waals surface area contributed by atoms with Crippen LogP contribution in [0.5, 0.6) is 11.5 Å². The van der Waals surface area contributed by atoms with Crippen LogP contribution in [-0.4, -0.2) is 62.5 Å². The van der Waals surface area contributed by atoms with Gasteiger partial charge in [-0.1, -0.05) is 0 Å². The smallest absolute Gasteiger partial charge is 0.338 e. The maximum atomic E-state index is 12.2. The van der Waals surface area contributed by atoms with Crippen molar-refractivity contribution in [3.8, 4) is 11.5 Å². The van der Waals surface area contributed by atoms with E-state index in [1.54, 1.807) is 12.1 Å². The van der Waals surface area contributed by atoms with Gasteiger partial charge in [0.25, 0.3) is 0 Å². The average Bonchev–Trinajstić information content (AvgIpc) is 2.65. The van der Waals surface area contributed by atoms with E-state index in [0.717, 1.165) is 0 Å². The van der Waals surface area contributed by atoms with Crippen molar-refractivity contribution < 1.29 is 28.7 Å². The van der Waals surface area contributed by atoms with Crippen LogP contribution >= 0.6 is 0 Å². The number of morpholine rings is 1. The van der Waals surface area contributed by atoms with Crippen LogP contribution in [0, 0.1) is 10.1 Å². The van der Waals surface area contributed by atoms with Gasteiger partial charge in [-0.25, -0.2) is 4.79 Å². The molecule has 1 atom stereocenters. The maximum Gasteiger partial charge on any atom is 0.338 e. The van der Waals surface area contributed by atoms with Crippen LogP contribution in [0.2, 0.25) is 0 Å². The number of fused-ring (bicyclic) bond motifs is 1. The number of methoxy groups -OCH3 is 2. The van der Waals surface area contributed by atoms with Crippen LogP contribution < -0.4 is 9.47 Å². The number of carbonyl (C=O) groups excluding carboxylic acids is 1. The van der Waals surface area contributed by atoms with Crippen molar-refractivity contribution in [2.45, 2.75) is 6.23 Å². The Hall–Kier alpha value is -2.65. The fourth-order valence-electron chi connectivity index (χ4n) is 2.87. The average molecular weight is 350 g/mol. The molecule has 0 aromatic heterocycles. The predicted octanol–water partition coefficient (Wildman–Crippen LogP) is 1.21. The van der Waals surface area contributed by atoms with Crippen LogP contribution in [0.15, 0.2) is 17.7 Å². The summed E-state index contributed by atoms with van der Waals surface area (Å²) >= 11 is 0. The number of ether oxygens (including phenoxy) is 4. The van der Waals surface area contributed by atoms with E-state index in [4.69, 9.17) is 18.9 Å². The van der Waals surface area contributed by atoms with Gasteiger partial charge in [0, 0.05) is 18.7 Å². The Morgan fingerprint density at radius 2 is 2.04 bits per heavy atom. The van der Waals surface area contributed by atoms with Crippen molar-refractivity contribution in [2.24, 2.45) is 0 Å². The van der Waals surface area contributed by atoms with Gasteiger partial charge in [0.2, 0.25) is 5.75 Å². The number of hydrogen-bond acceptors (Lipinski definition) is 8. The third-order valence-electron chi connectivity index (χ3n) is 4.11. The van der Waals surface area contributed by atoms with E-state index in [0.29, 0.717) is 37.6 Å². The Kier molecular flexibility index (Phi) is 4.86. The van der Waals surface area contributed by atoms with Crippen molar-refractivity contribution >= 4 is 17.7 Å². The van der Waals surface area contributed by atoms with Crippen LogP contribution in [0.25, 0.3) is 6.08 Å². The molecule has 9 heteroatoms. The highest BCUT2D eigenvalue weighted by Crippen LogP contribution is 2.41. The van der Waals surface area contributed by atoms with Crippen molar-refractivity contribution in [2.75, 3.05) is 40.5 Å². The lowest BCUT2D eigenvalue weighted by molar-refractivity contribution is -0.386. The summed E-state index contributed by atoms with van der Waals surface area (Å²) in [5.41, 5.74) is 0.461. The topological polar surface area (TPSA) is 100 Å². The minimum absolute atomic E-state index is 0.106. The second-order valence-corrected chi connectivity index (χ2v) is 5.53. The van der Waals surface area contributed by atoms with E-state index in [9.17, 15) is 14.9 Å². The highest BCUT2D eigenvalue weighted by molar-refractivity contribution is 5.96. The zero-order valence-electron chi connectivity index (χ0n) is 13.9. The molecular formula is C16H18N2O7. The molecule has 134 valence electrons. The highest BCUT2D eigenvalue weighted by Gasteiger charge is 2.37. The number of benzene rings is 1. The first-order valence-electron chi connectivity index (χ1n) is 7.70. The molecule has 0 saturated carbocycles. The number of nitrogens with zero attached hydrogens (tertiary/aromatic N) is 2. The van der Waals surface area contributed by atoms with Crippen LogP contribution in [-0.2, 0) is 14.3 Å². The number of nitro groups is 1. The van der Waals surface area contributed by atoms with Gasteiger partial charge in [0.15, 0.2) is 6.23 Å². The molecule has 0 N–H and O–H groups in total. The summed E-state index contributed by atoms with van der Waals surface area (Å²) in [4.78, 5) is 25.0. The first kappa shape index (κ1) is 17.2. The first-order valence-corrected chi connectivity index (χ1v) is 7.70. The van der Waals surface area contributed by atoms with Gasteiger partial charge in [0.05, 0.1) is 44.0 Å². The second-order valence-electron chi connectivity index (χ2n) is 5.53. The van der Waals surface area contributed by atoms with Crippen molar-refractivity contribution in [3.63, 3.8) is 0 Å². The molecule has 0 radical (unpaired) electrons. The predicted molar refractivity (Wildman–Crippen MR) is 86.4 cm³/mol. The third kappa shape index (κ3) is 3.28. The van der Waals surface area contributed by atoms with Gasteiger partial charge in [-0.2, -0.15) is 0 Å². The Labute approximate surface area is 143 Å². The minimum Gasteiger partial charge on any atom is -0.496 e. The molecule has 3 rings (SSSR count). The SMILES string of the molecule is COC(=O)C1=Cc2cc(OC)cc([N+](=O)[O-])c2O[C@H]1N1CCOCC1.